The van der Waals surface area contributed by atoms with Crippen molar-refractivity contribution in [3.8, 4) is 11.5 Å². The first-order valence-electron chi connectivity index (χ1n) is 9.20. The van der Waals surface area contributed by atoms with Crippen LogP contribution in [0.1, 0.15) is 40.5 Å². The Morgan fingerprint density at radius 3 is 2.86 bits per heavy atom. The number of hydrogen-bond acceptors (Lipinski definition) is 6. The van der Waals surface area contributed by atoms with Crippen LogP contribution in [0.15, 0.2) is 47.8 Å². The number of aryl methyl sites for hydroxylation is 1. The van der Waals surface area contributed by atoms with Gasteiger partial charge >= 0.3 is 0 Å². The molecule has 1 fully saturated rings. The number of nitrogens with zero attached hydrogens (tertiary/aromatic N) is 5. The molecule has 3 aromatic rings. The fraction of sp³-hybridized carbons (Fsp3) is 0.300. The van der Waals surface area contributed by atoms with E-state index in [4.69, 9.17) is 0 Å². The third kappa shape index (κ3) is 3.80. The normalized spacial score (nSPS) is 16.8. The van der Waals surface area contributed by atoms with E-state index in [-0.39, 0.29) is 17.4 Å². The van der Waals surface area contributed by atoms with E-state index in [1.54, 1.807) is 30.9 Å². The van der Waals surface area contributed by atoms with Gasteiger partial charge in [0.15, 0.2) is 5.82 Å². The van der Waals surface area contributed by atoms with Crippen molar-refractivity contribution in [2.75, 3.05) is 13.1 Å². The van der Waals surface area contributed by atoms with Gasteiger partial charge in [0.25, 0.3) is 11.5 Å². The number of likely N-dealkylation sites (tertiary alicyclic amines) is 1. The predicted octanol–water partition coefficient (Wildman–Crippen LogP) is 1.95. The first-order valence-corrected chi connectivity index (χ1v) is 9.20. The van der Waals surface area contributed by atoms with Gasteiger partial charge < -0.3 is 9.88 Å². The maximum Gasteiger partial charge on any atom is 0.255 e. The third-order valence-corrected chi connectivity index (χ3v) is 4.85. The Kier molecular flexibility index (Phi) is 4.92. The number of carbonyl (C=O) groups excluding carboxylic acids is 1. The highest BCUT2D eigenvalue weighted by atomic mass is 16.2. The standard InChI is InChI=1S/C20H20N6O2/c1-13-4-5-14(10-23-13)20(28)26-8-2-3-15(12-26)16-9-18(27)25-19(24-16)17-11-21-6-7-22-17/h4-7,9-11,15H,2-3,8,12H2,1H3,(H,24,25,27). The van der Waals surface area contributed by atoms with Crippen LogP contribution in [0, 0.1) is 6.92 Å². The summed E-state index contributed by atoms with van der Waals surface area (Å²) in [5.74, 6) is 0.340. The monoisotopic (exact) mass is 376 g/mol. The fourth-order valence-corrected chi connectivity index (χ4v) is 3.41. The van der Waals surface area contributed by atoms with Crippen LogP contribution in [0.3, 0.4) is 0 Å². The Balaban J connectivity index is 1.58. The van der Waals surface area contributed by atoms with Crippen molar-refractivity contribution in [1.29, 1.82) is 0 Å². The molecule has 0 aromatic carbocycles. The number of aromatic nitrogens is 5. The van der Waals surface area contributed by atoms with Crippen molar-refractivity contribution in [3.63, 3.8) is 0 Å². The lowest BCUT2D eigenvalue weighted by atomic mass is 9.94. The number of pyridine rings is 1. The second-order valence-electron chi connectivity index (χ2n) is 6.89. The Bertz CT molecular complexity index is 1030. The van der Waals surface area contributed by atoms with E-state index in [1.807, 2.05) is 17.9 Å². The number of carbonyl (C=O) groups is 1. The highest BCUT2D eigenvalue weighted by Crippen LogP contribution is 2.26. The zero-order chi connectivity index (χ0) is 19.5. The highest BCUT2D eigenvalue weighted by Gasteiger charge is 2.27. The minimum absolute atomic E-state index is 0.00571. The van der Waals surface area contributed by atoms with E-state index in [0.717, 1.165) is 18.5 Å². The molecule has 28 heavy (non-hydrogen) atoms. The van der Waals surface area contributed by atoms with Crippen LogP contribution in [-0.4, -0.2) is 48.8 Å². The number of H-pyrrole nitrogens is 1. The van der Waals surface area contributed by atoms with E-state index in [2.05, 4.69) is 24.9 Å². The van der Waals surface area contributed by atoms with Crippen LogP contribution in [-0.2, 0) is 0 Å². The Morgan fingerprint density at radius 2 is 2.11 bits per heavy atom. The fourth-order valence-electron chi connectivity index (χ4n) is 3.41. The van der Waals surface area contributed by atoms with Crippen LogP contribution in [0.2, 0.25) is 0 Å². The molecule has 0 aliphatic carbocycles. The van der Waals surface area contributed by atoms with Crippen LogP contribution in [0.5, 0.6) is 0 Å². The molecule has 1 saturated heterocycles. The Morgan fingerprint density at radius 1 is 1.21 bits per heavy atom. The number of hydrogen-bond donors (Lipinski definition) is 1. The minimum Gasteiger partial charge on any atom is -0.338 e. The molecule has 0 bridgehead atoms. The van der Waals surface area contributed by atoms with Gasteiger partial charge in [-0.05, 0) is 31.9 Å². The Hall–Kier alpha value is -3.42. The van der Waals surface area contributed by atoms with Gasteiger partial charge in [0.2, 0.25) is 0 Å². The Labute approximate surface area is 161 Å². The minimum atomic E-state index is -0.239. The molecule has 1 N–H and O–H groups in total. The molecule has 0 radical (unpaired) electrons. The van der Waals surface area contributed by atoms with E-state index in [9.17, 15) is 9.59 Å². The van der Waals surface area contributed by atoms with Crippen LogP contribution in [0.25, 0.3) is 11.5 Å². The lowest BCUT2D eigenvalue weighted by Gasteiger charge is -2.32. The van der Waals surface area contributed by atoms with Gasteiger partial charge in [-0.2, -0.15) is 0 Å². The second kappa shape index (κ2) is 7.67. The number of aromatic amines is 1. The van der Waals surface area contributed by atoms with Gasteiger partial charge in [0.05, 0.1) is 17.5 Å². The molecule has 8 heteroatoms. The van der Waals surface area contributed by atoms with Gasteiger partial charge in [-0.1, -0.05) is 0 Å². The summed E-state index contributed by atoms with van der Waals surface area (Å²) in [5, 5.41) is 0. The zero-order valence-corrected chi connectivity index (χ0v) is 15.5. The maximum absolute atomic E-state index is 12.8. The SMILES string of the molecule is Cc1ccc(C(=O)N2CCCC(c3cc(=O)[nH]c(-c4cnccn4)n3)C2)cn1. The van der Waals surface area contributed by atoms with Gasteiger partial charge in [0.1, 0.15) is 5.69 Å². The summed E-state index contributed by atoms with van der Waals surface area (Å²) in [6, 6.07) is 5.14. The van der Waals surface area contributed by atoms with Gasteiger partial charge in [-0.15, -0.1) is 0 Å². The van der Waals surface area contributed by atoms with Crippen molar-refractivity contribution in [2.45, 2.75) is 25.7 Å². The third-order valence-electron chi connectivity index (χ3n) is 4.85. The molecule has 4 rings (SSSR count). The summed E-state index contributed by atoms with van der Waals surface area (Å²) in [7, 11) is 0. The predicted molar refractivity (Wildman–Crippen MR) is 103 cm³/mol. The maximum atomic E-state index is 12.8. The lowest BCUT2D eigenvalue weighted by molar-refractivity contribution is 0.0705. The van der Waals surface area contributed by atoms with E-state index < -0.39 is 0 Å². The van der Waals surface area contributed by atoms with Crippen molar-refractivity contribution < 1.29 is 4.79 Å². The molecule has 1 unspecified atom stereocenters. The number of rotatable bonds is 3. The van der Waals surface area contributed by atoms with Gasteiger partial charge in [0, 0.05) is 49.4 Å². The summed E-state index contributed by atoms with van der Waals surface area (Å²) >= 11 is 0. The molecule has 4 heterocycles. The summed E-state index contributed by atoms with van der Waals surface area (Å²) in [6.45, 7) is 3.09. The largest absolute Gasteiger partial charge is 0.338 e. The average molecular weight is 376 g/mol. The highest BCUT2D eigenvalue weighted by molar-refractivity contribution is 5.94. The first kappa shape index (κ1) is 18.0. The topological polar surface area (TPSA) is 105 Å². The van der Waals surface area contributed by atoms with E-state index in [1.165, 1.54) is 6.07 Å². The van der Waals surface area contributed by atoms with Crippen molar-refractivity contribution >= 4 is 5.91 Å². The molecule has 0 saturated carbocycles. The molecule has 1 atom stereocenters. The number of piperidine rings is 1. The van der Waals surface area contributed by atoms with Crippen molar-refractivity contribution in [3.05, 3.63) is 70.3 Å². The molecule has 1 aliphatic rings. The van der Waals surface area contributed by atoms with Crippen molar-refractivity contribution in [1.82, 2.24) is 29.8 Å². The van der Waals surface area contributed by atoms with Crippen LogP contribution >= 0.6 is 0 Å². The molecule has 8 nitrogen and oxygen atoms in total. The molecule has 1 amide bonds. The lowest BCUT2D eigenvalue weighted by Crippen LogP contribution is -2.39. The van der Waals surface area contributed by atoms with Crippen molar-refractivity contribution in [2.24, 2.45) is 0 Å². The van der Waals surface area contributed by atoms with Crippen LogP contribution < -0.4 is 5.56 Å². The molecule has 3 aromatic heterocycles. The summed E-state index contributed by atoms with van der Waals surface area (Å²) in [4.78, 5) is 46.5. The quantitative estimate of drug-likeness (QED) is 0.749. The molecular formula is C20H20N6O2. The molecule has 142 valence electrons. The average Bonchev–Trinajstić information content (AvgIpc) is 2.74. The second-order valence-corrected chi connectivity index (χ2v) is 6.89. The smallest absolute Gasteiger partial charge is 0.255 e. The molecule has 1 aliphatic heterocycles. The van der Waals surface area contributed by atoms with E-state index in [0.29, 0.717) is 35.9 Å². The van der Waals surface area contributed by atoms with Crippen LogP contribution in [0.4, 0.5) is 0 Å². The molecule has 0 spiro atoms. The number of nitrogens with one attached hydrogen (secondary N) is 1. The summed E-state index contributed by atoms with van der Waals surface area (Å²) in [5.41, 5.74) is 2.39. The molecular weight excluding hydrogens is 356 g/mol. The zero-order valence-electron chi connectivity index (χ0n) is 15.5. The van der Waals surface area contributed by atoms with E-state index >= 15 is 0 Å². The van der Waals surface area contributed by atoms with Gasteiger partial charge in [-0.25, -0.2) is 9.97 Å². The number of amides is 1. The summed E-state index contributed by atoms with van der Waals surface area (Å²) < 4.78 is 0. The summed E-state index contributed by atoms with van der Waals surface area (Å²) in [6.07, 6.45) is 8.01. The first-order chi connectivity index (χ1) is 13.6. The van der Waals surface area contributed by atoms with Gasteiger partial charge in [-0.3, -0.25) is 19.6 Å².